The van der Waals surface area contributed by atoms with E-state index in [-0.39, 0.29) is 11.1 Å². The van der Waals surface area contributed by atoms with Gasteiger partial charge in [-0.1, -0.05) is 13.2 Å². The van der Waals surface area contributed by atoms with Crippen molar-refractivity contribution >= 4 is 23.9 Å². The molecule has 0 unspecified atom stereocenters. The standard InChI is InChI=1S/2C4H6O2.C2H4O3.C2H4O2/c2*1-3(2)4(5)6;3-1-2(4)5;1-2(3)4/h2*1H2,2H3,(H,5,6);3H,1H2,(H,4,5);1H3,(H,3,4). The zero-order valence-electron chi connectivity index (χ0n) is 12.0. The molecule has 0 spiro atoms. The van der Waals surface area contributed by atoms with Crippen LogP contribution in [0.25, 0.3) is 0 Å². The van der Waals surface area contributed by atoms with Crippen LogP contribution < -0.4 is 0 Å². The molecule has 0 aromatic rings. The molecule has 0 amide bonds. The Bertz CT molecular complexity index is 330. The molecule has 0 saturated carbocycles. The van der Waals surface area contributed by atoms with Crippen LogP contribution in [0.4, 0.5) is 0 Å². The fraction of sp³-hybridized carbons (Fsp3) is 0.333. The molecule has 9 heteroatoms. The maximum atomic E-state index is 9.60. The van der Waals surface area contributed by atoms with Gasteiger partial charge in [0.15, 0.2) is 0 Å². The molecule has 122 valence electrons. The molecule has 21 heavy (non-hydrogen) atoms. The highest BCUT2D eigenvalue weighted by atomic mass is 16.4. The number of hydrogen-bond acceptors (Lipinski definition) is 5. The smallest absolute Gasteiger partial charge is 0.330 e. The number of aliphatic hydroxyl groups is 1. The lowest BCUT2D eigenvalue weighted by Gasteiger charge is -1.79. The van der Waals surface area contributed by atoms with E-state index in [4.69, 9.17) is 35.1 Å². The van der Waals surface area contributed by atoms with Crippen LogP contribution in [0.1, 0.15) is 20.8 Å². The molecular formula is C12H20O9. The van der Waals surface area contributed by atoms with Crippen molar-refractivity contribution in [1.82, 2.24) is 0 Å². The third-order valence-corrected chi connectivity index (χ3v) is 0.865. The Morgan fingerprint density at radius 2 is 0.857 bits per heavy atom. The molecule has 0 atom stereocenters. The highest BCUT2D eigenvalue weighted by Gasteiger charge is 1.90. The van der Waals surface area contributed by atoms with Crippen molar-refractivity contribution in [3.05, 3.63) is 24.3 Å². The van der Waals surface area contributed by atoms with Gasteiger partial charge in [0.1, 0.15) is 6.61 Å². The minimum atomic E-state index is -1.19. The summed E-state index contributed by atoms with van der Waals surface area (Å²) in [6.07, 6.45) is 0. The molecule has 5 N–H and O–H groups in total. The zero-order chi connectivity index (χ0) is 18.2. The summed E-state index contributed by atoms with van der Waals surface area (Å²) in [5.41, 5.74) is 0.352. The Morgan fingerprint density at radius 1 is 0.762 bits per heavy atom. The first-order valence-electron chi connectivity index (χ1n) is 5.09. The van der Waals surface area contributed by atoms with E-state index in [1.807, 2.05) is 0 Å². The van der Waals surface area contributed by atoms with E-state index in [0.717, 1.165) is 6.92 Å². The molecule has 9 nitrogen and oxygen atoms in total. The second-order valence-electron chi connectivity index (χ2n) is 3.24. The van der Waals surface area contributed by atoms with Gasteiger partial charge in [0.05, 0.1) is 0 Å². The molecule has 0 saturated heterocycles. The van der Waals surface area contributed by atoms with E-state index in [1.165, 1.54) is 13.8 Å². The normalized spacial score (nSPS) is 7.24. The minimum absolute atomic E-state index is 0.176. The molecule has 0 aliphatic carbocycles. The molecule has 0 aliphatic heterocycles. The van der Waals surface area contributed by atoms with Crippen LogP contribution in [0.2, 0.25) is 0 Å². The van der Waals surface area contributed by atoms with E-state index < -0.39 is 30.5 Å². The predicted molar refractivity (Wildman–Crippen MR) is 72.9 cm³/mol. The van der Waals surface area contributed by atoms with Crippen LogP contribution >= 0.6 is 0 Å². The number of hydrogen-bond donors (Lipinski definition) is 5. The van der Waals surface area contributed by atoms with Crippen molar-refractivity contribution in [1.29, 1.82) is 0 Å². The molecule has 0 aromatic heterocycles. The van der Waals surface area contributed by atoms with Gasteiger partial charge in [-0.3, -0.25) is 4.79 Å². The van der Waals surface area contributed by atoms with Crippen LogP contribution in [0.3, 0.4) is 0 Å². The fourth-order valence-corrected chi connectivity index (χ4v) is 0. The molecule has 0 bridgehead atoms. The van der Waals surface area contributed by atoms with Crippen molar-refractivity contribution in [3.8, 4) is 0 Å². The Labute approximate surface area is 121 Å². The molecule has 0 heterocycles. The number of carboxylic acid groups (broad SMARTS) is 4. The molecule has 0 aliphatic rings. The third kappa shape index (κ3) is 75.9. The first-order chi connectivity index (χ1) is 9.29. The van der Waals surface area contributed by atoms with Crippen LogP contribution in [0.5, 0.6) is 0 Å². The summed E-state index contributed by atoms with van der Waals surface area (Å²) in [5.74, 6) is -3.89. The highest BCUT2D eigenvalue weighted by Crippen LogP contribution is 1.81. The van der Waals surface area contributed by atoms with Gasteiger partial charge in [0.25, 0.3) is 5.97 Å². The number of carbonyl (C=O) groups is 4. The first-order valence-corrected chi connectivity index (χ1v) is 5.09. The second-order valence-corrected chi connectivity index (χ2v) is 3.24. The van der Waals surface area contributed by atoms with Crippen molar-refractivity contribution in [2.24, 2.45) is 0 Å². The van der Waals surface area contributed by atoms with Crippen molar-refractivity contribution in [2.75, 3.05) is 6.61 Å². The zero-order valence-corrected chi connectivity index (χ0v) is 12.0. The van der Waals surface area contributed by atoms with E-state index >= 15 is 0 Å². The topological polar surface area (TPSA) is 169 Å². The second kappa shape index (κ2) is 17.3. The first kappa shape index (κ1) is 26.8. The molecule has 0 rings (SSSR count). The van der Waals surface area contributed by atoms with Crippen molar-refractivity contribution < 1.29 is 44.7 Å². The van der Waals surface area contributed by atoms with E-state index in [1.54, 1.807) is 0 Å². The number of rotatable bonds is 3. The molecule has 0 aromatic carbocycles. The fourth-order valence-electron chi connectivity index (χ4n) is 0. The van der Waals surface area contributed by atoms with Gasteiger partial charge in [-0.15, -0.1) is 0 Å². The van der Waals surface area contributed by atoms with Gasteiger partial charge in [0, 0.05) is 18.1 Å². The number of aliphatic carboxylic acids is 4. The highest BCUT2D eigenvalue weighted by molar-refractivity contribution is 5.85. The lowest BCUT2D eigenvalue weighted by Crippen LogP contribution is -1.98. The Hall–Kier alpha value is -2.68. The summed E-state index contributed by atoms with van der Waals surface area (Å²) in [7, 11) is 0. The van der Waals surface area contributed by atoms with E-state index in [0.29, 0.717) is 0 Å². The largest absolute Gasteiger partial charge is 0.481 e. The maximum absolute atomic E-state index is 9.60. The third-order valence-electron chi connectivity index (χ3n) is 0.865. The summed E-state index contributed by atoms with van der Waals surface area (Å²) >= 11 is 0. The summed E-state index contributed by atoms with van der Waals surface area (Å²) < 4.78 is 0. The predicted octanol–water partition coefficient (Wildman–Crippen LogP) is 0.448. The quantitative estimate of drug-likeness (QED) is 0.464. The number of carboxylic acids is 4. The van der Waals surface area contributed by atoms with Gasteiger partial charge in [-0.25, -0.2) is 14.4 Å². The Kier molecular flexibility index (Phi) is 22.1. The Morgan fingerprint density at radius 3 is 0.857 bits per heavy atom. The minimum Gasteiger partial charge on any atom is -0.481 e. The van der Waals surface area contributed by atoms with Crippen LogP contribution in [-0.4, -0.2) is 56.0 Å². The van der Waals surface area contributed by atoms with Gasteiger partial charge in [-0.2, -0.15) is 0 Å². The van der Waals surface area contributed by atoms with E-state index in [9.17, 15) is 9.59 Å². The average molecular weight is 308 g/mol. The maximum Gasteiger partial charge on any atom is 0.330 e. The van der Waals surface area contributed by atoms with Gasteiger partial charge < -0.3 is 25.5 Å². The molecular weight excluding hydrogens is 288 g/mol. The molecule has 0 fully saturated rings. The summed E-state index contributed by atoms with van der Waals surface area (Å²) in [4.78, 5) is 37.3. The van der Waals surface area contributed by atoms with Crippen LogP contribution in [-0.2, 0) is 19.2 Å². The lowest BCUT2D eigenvalue weighted by atomic mass is 10.4. The molecule has 0 radical (unpaired) electrons. The van der Waals surface area contributed by atoms with Crippen molar-refractivity contribution in [2.45, 2.75) is 20.8 Å². The van der Waals surface area contributed by atoms with Gasteiger partial charge >= 0.3 is 17.9 Å². The average Bonchev–Trinajstić information content (AvgIpc) is 2.29. The SMILES string of the molecule is C=C(C)C(=O)O.C=C(C)C(=O)O.CC(=O)O.O=C(O)CO. The van der Waals surface area contributed by atoms with Crippen molar-refractivity contribution in [3.63, 3.8) is 0 Å². The monoisotopic (exact) mass is 308 g/mol. The number of aliphatic hydroxyl groups excluding tert-OH is 1. The Balaban J connectivity index is -0.0000000929. The van der Waals surface area contributed by atoms with Crippen LogP contribution in [0.15, 0.2) is 24.3 Å². The summed E-state index contributed by atoms with van der Waals surface area (Å²) in [5, 5.41) is 38.2. The van der Waals surface area contributed by atoms with E-state index in [2.05, 4.69) is 13.2 Å². The van der Waals surface area contributed by atoms with Crippen LogP contribution in [0, 0.1) is 0 Å². The summed E-state index contributed by atoms with van der Waals surface area (Å²) in [6, 6.07) is 0. The van der Waals surface area contributed by atoms with Gasteiger partial charge in [0.2, 0.25) is 0 Å². The summed E-state index contributed by atoms with van der Waals surface area (Å²) in [6.45, 7) is 9.51. The van der Waals surface area contributed by atoms with Gasteiger partial charge in [-0.05, 0) is 13.8 Å². The lowest BCUT2D eigenvalue weighted by molar-refractivity contribution is -0.140.